The molecule has 0 amide bonds. The lowest BCUT2D eigenvalue weighted by Gasteiger charge is -2.06. The molecule has 1 aromatic heterocycles. The van der Waals surface area contributed by atoms with Crippen LogP contribution in [0.15, 0.2) is 72.9 Å². The van der Waals surface area contributed by atoms with Gasteiger partial charge in [-0.25, -0.2) is 0 Å². The Labute approximate surface area is 106 Å². The topological polar surface area (TPSA) is 25.0 Å². The third-order valence-electron chi connectivity index (χ3n) is 2.74. The van der Waals surface area contributed by atoms with Crippen LogP contribution in [0, 0.1) is 0 Å². The van der Waals surface area contributed by atoms with Crippen LogP contribution in [0.5, 0.6) is 11.5 Å². The molecule has 0 aliphatic carbocycles. The monoisotopic (exact) mass is 235 g/mol. The summed E-state index contributed by atoms with van der Waals surface area (Å²) in [5.74, 6) is 1.68. The molecular formula is C16H13NO. The lowest BCUT2D eigenvalue weighted by Crippen LogP contribution is -1.85. The zero-order valence-electron chi connectivity index (χ0n) is 9.84. The molecule has 3 aromatic rings. The third kappa shape index (κ3) is 2.13. The van der Waals surface area contributed by atoms with Gasteiger partial charge in [0, 0.05) is 11.8 Å². The third-order valence-corrected chi connectivity index (χ3v) is 2.74. The molecule has 0 aliphatic rings. The van der Waals surface area contributed by atoms with E-state index < -0.39 is 0 Å². The Hall–Kier alpha value is -2.48. The number of hydrogen-bond donors (Lipinski definition) is 1. The molecule has 88 valence electrons. The highest BCUT2D eigenvalue weighted by Crippen LogP contribution is 2.31. The second kappa shape index (κ2) is 4.80. The van der Waals surface area contributed by atoms with Crippen LogP contribution in [0.2, 0.25) is 0 Å². The van der Waals surface area contributed by atoms with Crippen molar-refractivity contribution < 1.29 is 4.74 Å². The van der Waals surface area contributed by atoms with Crippen LogP contribution >= 0.6 is 0 Å². The summed E-state index contributed by atoms with van der Waals surface area (Å²) in [6.07, 6.45) is 1.89. The van der Waals surface area contributed by atoms with Gasteiger partial charge >= 0.3 is 0 Å². The molecule has 0 bridgehead atoms. The van der Waals surface area contributed by atoms with Crippen LogP contribution < -0.4 is 4.74 Å². The van der Waals surface area contributed by atoms with Gasteiger partial charge in [-0.05, 0) is 18.2 Å². The van der Waals surface area contributed by atoms with Crippen molar-refractivity contribution in [3.05, 3.63) is 72.9 Å². The van der Waals surface area contributed by atoms with E-state index in [1.165, 1.54) is 0 Å². The Kier molecular flexibility index (Phi) is 2.84. The normalized spacial score (nSPS) is 10.2. The van der Waals surface area contributed by atoms with E-state index >= 15 is 0 Å². The lowest BCUT2D eigenvalue weighted by molar-refractivity contribution is 0.485. The summed E-state index contributed by atoms with van der Waals surface area (Å²) < 4.78 is 5.87. The predicted molar refractivity (Wildman–Crippen MR) is 72.7 cm³/mol. The first kappa shape index (κ1) is 10.7. The summed E-state index contributed by atoms with van der Waals surface area (Å²) >= 11 is 0. The van der Waals surface area contributed by atoms with Gasteiger partial charge < -0.3 is 9.72 Å². The standard InChI is InChI=1S/C16H13NO/c1-3-7-13(8-4-1)16-15(11-12-17-16)18-14-9-5-2-6-10-14/h1-12,17H. The van der Waals surface area contributed by atoms with Gasteiger partial charge in [-0.15, -0.1) is 0 Å². The molecule has 2 nitrogen and oxygen atoms in total. The Morgan fingerprint density at radius 1 is 0.722 bits per heavy atom. The Bertz CT molecular complexity index is 614. The van der Waals surface area contributed by atoms with Gasteiger partial charge in [0.25, 0.3) is 0 Å². The second-order valence-electron chi connectivity index (χ2n) is 4.00. The zero-order valence-corrected chi connectivity index (χ0v) is 9.84. The van der Waals surface area contributed by atoms with E-state index in [2.05, 4.69) is 17.1 Å². The summed E-state index contributed by atoms with van der Waals surface area (Å²) in [5, 5.41) is 0. The number of rotatable bonds is 3. The van der Waals surface area contributed by atoms with Crippen molar-refractivity contribution >= 4 is 0 Å². The van der Waals surface area contributed by atoms with E-state index in [1.807, 2.05) is 60.8 Å². The smallest absolute Gasteiger partial charge is 0.152 e. The number of aromatic nitrogens is 1. The van der Waals surface area contributed by atoms with Crippen LogP contribution in [-0.2, 0) is 0 Å². The quantitative estimate of drug-likeness (QED) is 0.711. The fourth-order valence-electron chi connectivity index (χ4n) is 1.89. The maximum atomic E-state index is 5.87. The van der Waals surface area contributed by atoms with Crippen LogP contribution in [0.25, 0.3) is 11.3 Å². The van der Waals surface area contributed by atoms with Gasteiger partial charge in [0.2, 0.25) is 0 Å². The van der Waals surface area contributed by atoms with E-state index in [4.69, 9.17) is 4.74 Å². The molecule has 0 spiro atoms. The zero-order chi connectivity index (χ0) is 12.2. The molecule has 0 fully saturated rings. The molecule has 1 N–H and O–H groups in total. The fourth-order valence-corrected chi connectivity index (χ4v) is 1.89. The highest BCUT2D eigenvalue weighted by molar-refractivity contribution is 5.67. The second-order valence-corrected chi connectivity index (χ2v) is 4.00. The minimum absolute atomic E-state index is 0.840. The molecule has 0 aliphatic heterocycles. The molecule has 0 saturated carbocycles. The molecule has 18 heavy (non-hydrogen) atoms. The van der Waals surface area contributed by atoms with Crippen molar-refractivity contribution in [2.75, 3.05) is 0 Å². The van der Waals surface area contributed by atoms with Gasteiger partial charge in [-0.2, -0.15) is 0 Å². The maximum absolute atomic E-state index is 5.87. The Morgan fingerprint density at radius 3 is 2.11 bits per heavy atom. The van der Waals surface area contributed by atoms with Crippen molar-refractivity contribution in [3.63, 3.8) is 0 Å². The van der Waals surface area contributed by atoms with Crippen molar-refractivity contribution in [1.29, 1.82) is 0 Å². The first-order chi connectivity index (χ1) is 8.93. The van der Waals surface area contributed by atoms with Gasteiger partial charge in [0.05, 0.1) is 5.69 Å². The average Bonchev–Trinajstić information content (AvgIpc) is 2.89. The molecule has 3 rings (SSSR count). The Balaban J connectivity index is 1.93. The minimum Gasteiger partial charge on any atom is -0.455 e. The Morgan fingerprint density at radius 2 is 1.39 bits per heavy atom. The summed E-state index contributed by atoms with van der Waals surface area (Å²) in [6, 6.07) is 21.9. The first-order valence-corrected chi connectivity index (χ1v) is 5.89. The van der Waals surface area contributed by atoms with Gasteiger partial charge in [-0.3, -0.25) is 0 Å². The van der Waals surface area contributed by atoms with Gasteiger partial charge in [-0.1, -0.05) is 48.5 Å². The maximum Gasteiger partial charge on any atom is 0.152 e. The number of hydrogen-bond acceptors (Lipinski definition) is 1. The molecule has 0 radical (unpaired) electrons. The van der Waals surface area contributed by atoms with E-state index in [9.17, 15) is 0 Å². The van der Waals surface area contributed by atoms with Crippen LogP contribution in [0.3, 0.4) is 0 Å². The number of aromatic amines is 1. The SMILES string of the molecule is c1ccc(Oc2cc[nH]c2-c2ccccc2)cc1. The largest absolute Gasteiger partial charge is 0.455 e. The molecule has 0 atom stereocenters. The van der Waals surface area contributed by atoms with E-state index in [0.29, 0.717) is 0 Å². The van der Waals surface area contributed by atoms with Crippen LogP contribution in [0.4, 0.5) is 0 Å². The summed E-state index contributed by atoms with van der Waals surface area (Å²) in [6.45, 7) is 0. The summed E-state index contributed by atoms with van der Waals surface area (Å²) in [5.41, 5.74) is 2.12. The van der Waals surface area contributed by atoms with Crippen molar-refractivity contribution in [2.45, 2.75) is 0 Å². The molecule has 1 heterocycles. The van der Waals surface area contributed by atoms with Crippen LogP contribution in [0.1, 0.15) is 0 Å². The first-order valence-electron chi connectivity index (χ1n) is 5.89. The number of benzene rings is 2. The average molecular weight is 235 g/mol. The molecule has 0 saturated heterocycles. The highest BCUT2D eigenvalue weighted by atomic mass is 16.5. The van der Waals surface area contributed by atoms with E-state index in [0.717, 1.165) is 22.8 Å². The predicted octanol–water partition coefficient (Wildman–Crippen LogP) is 4.47. The van der Waals surface area contributed by atoms with Gasteiger partial charge in [0.1, 0.15) is 5.75 Å². The minimum atomic E-state index is 0.840. The molecule has 2 aromatic carbocycles. The van der Waals surface area contributed by atoms with Crippen molar-refractivity contribution in [1.82, 2.24) is 4.98 Å². The molecule has 2 heteroatoms. The fraction of sp³-hybridized carbons (Fsp3) is 0. The lowest BCUT2D eigenvalue weighted by atomic mass is 10.1. The molecule has 0 unspecified atom stereocenters. The van der Waals surface area contributed by atoms with Crippen LogP contribution in [-0.4, -0.2) is 4.98 Å². The number of ether oxygens (including phenoxy) is 1. The highest BCUT2D eigenvalue weighted by Gasteiger charge is 2.07. The number of nitrogens with one attached hydrogen (secondary N) is 1. The van der Waals surface area contributed by atoms with Gasteiger partial charge in [0.15, 0.2) is 5.75 Å². The number of para-hydroxylation sites is 1. The summed E-state index contributed by atoms with van der Waals surface area (Å²) in [4.78, 5) is 3.22. The number of H-pyrrole nitrogens is 1. The molecular weight excluding hydrogens is 222 g/mol. The van der Waals surface area contributed by atoms with E-state index in [1.54, 1.807) is 0 Å². The van der Waals surface area contributed by atoms with E-state index in [-0.39, 0.29) is 0 Å². The van der Waals surface area contributed by atoms with Crippen molar-refractivity contribution in [2.24, 2.45) is 0 Å². The van der Waals surface area contributed by atoms with Crippen molar-refractivity contribution in [3.8, 4) is 22.8 Å². The summed E-state index contributed by atoms with van der Waals surface area (Å²) in [7, 11) is 0.